The van der Waals surface area contributed by atoms with Crippen LogP contribution in [0.4, 0.5) is 16.2 Å². The van der Waals surface area contributed by atoms with Gasteiger partial charge in [0.2, 0.25) is 0 Å². The number of para-hydroxylation sites is 1. The lowest BCUT2D eigenvalue weighted by Gasteiger charge is -2.48. The normalized spacial score (nSPS) is 21.5. The first kappa shape index (κ1) is 27.5. The third kappa shape index (κ3) is 6.08. The number of anilines is 2. The minimum absolute atomic E-state index is 0.0181. The predicted octanol–water partition coefficient (Wildman–Crippen LogP) is 4.86. The Balaban J connectivity index is 1.19. The Morgan fingerprint density at radius 2 is 1.54 bits per heavy atom. The highest BCUT2D eigenvalue weighted by atomic mass is 16.2. The highest BCUT2D eigenvalue weighted by Gasteiger charge is 2.43. The molecule has 3 aliphatic heterocycles. The molecule has 39 heavy (non-hydrogen) atoms. The number of likely N-dealkylation sites (N-methyl/N-ethyl adjacent to an activating group) is 2. The molecule has 0 saturated carbocycles. The molecule has 2 aromatic rings. The fraction of sp³-hybridized carbons (Fsp3) is 0.562. The largest absolute Gasteiger partial charge is 0.372 e. The Hall–Kier alpha value is -3.06. The second-order valence-electron chi connectivity index (χ2n) is 11.6. The van der Waals surface area contributed by atoms with E-state index in [2.05, 4.69) is 63.2 Å². The summed E-state index contributed by atoms with van der Waals surface area (Å²) in [6.07, 6.45) is 7.02. The summed E-state index contributed by atoms with van der Waals surface area (Å²) in [5.74, 6) is 0. The molecule has 1 atom stereocenters. The zero-order chi connectivity index (χ0) is 27.2. The number of nitrogens with zero attached hydrogens (tertiary/aromatic N) is 5. The third-order valence-corrected chi connectivity index (χ3v) is 9.21. The second-order valence-corrected chi connectivity index (χ2v) is 11.6. The molecule has 7 heteroatoms. The van der Waals surface area contributed by atoms with E-state index in [1.54, 1.807) is 0 Å². The van der Waals surface area contributed by atoms with Gasteiger partial charge in [-0.1, -0.05) is 30.3 Å². The number of hydrogen-bond donors (Lipinski definition) is 0. The molecule has 3 fully saturated rings. The van der Waals surface area contributed by atoms with Gasteiger partial charge in [-0.05, 0) is 75.3 Å². The van der Waals surface area contributed by atoms with Crippen LogP contribution in [0.25, 0.3) is 0 Å². The van der Waals surface area contributed by atoms with Gasteiger partial charge in [-0.3, -0.25) is 4.90 Å². The average molecular weight is 532 g/mol. The van der Waals surface area contributed by atoms with E-state index in [1.165, 1.54) is 29.8 Å². The molecular formula is C32H45N5O2. The van der Waals surface area contributed by atoms with Crippen LogP contribution in [0.3, 0.4) is 0 Å². The van der Waals surface area contributed by atoms with E-state index in [-0.39, 0.29) is 12.1 Å². The number of rotatable bonds is 8. The molecule has 3 saturated heterocycles. The molecule has 3 aliphatic rings. The summed E-state index contributed by atoms with van der Waals surface area (Å²) in [6, 6.07) is 19.5. The molecule has 0 aliphatic carbocycles. The van der Waals surface area contributed by atoms with Gasteiger partial charge >= 0.3 is 6.03 Å². The topological polar surface area (TPSA) is 50.3 Å². The van der Waals surface area contributed by atoms with Gasteiger partial charge in [0.25, 0.3) is 0 Å². The lowest BCUT2D eigenvalue weighted by atomic mass is 9.86. The molecule has 0 aromatic heterocycles. The van der Waals surface area contributed by atoms with Crippen LogP contribution in [-0.2, 0) is 11.3 Å². The fourth-order valence-corrected chi connectivity index (χ4v) is 6.73. The monoisotopic (exact) mass is 531 g/mol. The standard InChI is InChI=1S/C32H45N5O2/c1-3-37(31(39)33(2)30-12-9-21-36(25-30)28-10-5-4-6-11-28)32(26-38)17-22-34(23-18-32)24-27-13-15-29(16-14-27)35-19-7-8-20-35/h4-6,10-11,13-16,26,30H,3,7-9,12,17-25H2,1-2H3. The van der Waals surface area contributed by atoms with E-state index >= 15 is 0 Å². The van der Waals surface area contributed by atoms with Crippen molar-refractivity contribution in [1.29, 1.82) is 0 Å². The molecule has 2 aromatic carbocycles. The van der Waals surface area contributed by atoms with E-state index in [9.17, 15) is 9.59 Å². The van der Waals surface area contributed by atoms with Gasteiger partial charge in [-0.15, -0.1) is 0 Å². The van der Waals surface area contributed by atoms with Crippen molar-refractivity contribution < 1.29 is 9.59 Å². The van der Waals surface area contributed by atoms with Crippen LogP contribution in [0.5, 0.6) is 0 Å². The van der Waals surface area contributed by atoms with Crippen LogP contribution in [0.15, 0.2) is 54.6 Å². The maximum absolute atomic E-state index is 13.9. The van der Waals surface area contributed by atoms with Crippen molar-refractivity contribution in [3.05, 3.63) is 60.2 Å². The summed E-state index contributed by atoms with van der Waals surface area (Å²) in [7, 11) is 1.92. The third-order valence-electron chi connectivity index (χ3n) is 9.21. The zero-order valence-electron chi connectivity index (χ0n) is 23.8. The Bertz CT molecular complexity index is 1080. The van der Waals surface area contributed by atoms with Gasteiger partial charge in [0.05, 0.1) is 6.04 Å². The summed E-state index contributed by atoms with van der Waals surface area (Å²) < 4.78 is 0. The number of carbonyl (C=O) groups is 2. The van der Waals surface area contributed by atoms with Crippen LogP contribution in [0.2, 0.25) is 0 Å². The summed E-state index contributed by atoms with van der Waals surface area (Å²) >= 11 is 0. The van der Waals surface area contributed by atoms with Crippen molar-refractivity contribution in [2.45, 2.75) is 63.6 Å². The lowest BCUT2D eigenvalue weighted by molar-refractivity contribution is -0.120. The van der Waals surface area contributed by atoms with Gasteiger partial charge in [0.1, 0.15) is 11.8 Å². The number of amides is 2. The van der Waals surface area contributed by atoms with Crippen molar-refractivity contribution in [3.8, 4) is 0 Å². The van der Waals surface area contributed by atoms with Gasteiger partial charge in [0.15, 0.2) is 0 Å². The molecular weight excluding hydrogens is 486 g/mol. The highest BCUT2D eigenvalue weighted by Crippen LogP contribution is 2.31. The molecule has 7 nitrogen and oxygen atoms in total. The minimum Gasteiger partial charge on any atom is -0.372 e. The number of carbonyl (C=O) groups excluding carboxylic acids is 2. The summed E-state index contributed by atoms with van der Waals surface area (Å²) in [5.41, 5.74) is 3.10. The van der Waals surface area contributed by atoms with Crippen molar-refractivity contribution in [1.82, 2.24) is 14.7 Å². The smallest absolute Gasteiger partial charge is 0.320 e. The molecule has 3 heterocycles. The number of piperidine rings is 2. The van der Waals surface area contributed by atoms with Gasteiger partial charge in [0, 0.05) is 70.8 Å². The number of likely N-dealkylation sites (tertiary alicyclic amines) is 1. The van der Waals surface area contributed by atoms with E-state index in [0.717, 1.165) is 64.9 Å². The lowest BCUT2D eigenvalue weighted by Crippen LogP contribution is -2.62. The number of hydrogen-bond acceptors (Lipinski definition) is 5. The van der Waals surface area contributed by atoms with Crippen molar-refractivity contribution in [2.75, 3.05) is 62.7 Å². The zero-order valence-corrected chi connectivity index (χ0v) is 23.8. The maximum atomic E-state index is 13.9. The van der Waals surface area contributed by atoms with E-state index in [0.29, 0.717) is 19.4 Å². The predicted molar refractivity (Wildman–Crippen MR) is 158 cm³/mol. The van der Waals surface area contributed by atoms with Crippen LogP contribution < -0.4 is 9.80 Å². The molecule has 210 valence electrons. The average Bonchev–Trinajstić information content (AvgIpc) is 3.54. The van der Waals surface area contributed by atoms with E-state index in [4.69, 9.17) is 0 Å². The summed E-state index contributed by atoms with van der Waals surface area (Å²) in [4.78, 5) is 37.5. The molecule has 0 radical (unpaired) electrons. The Kier molecular flexibility index (Phi) is 8.75. The van der Waals surface area contributed by atoms with Crippen LogP contribution in [0.1, 0.15) is 51.0 Å². The number of urea groups is 1. The van der Waals surface area contributed by atoms with Crippen molar-refractivity contribution in [2.24, 2.45) is 0 Å². The molecule has 0 spiro atoms. The van der Waals surface area contributed by atoms with Crippen molar-refractivity contribution in [3.63, 3.8) is 0 Å². The van der Waals surface area contributed by atoms with E-state index in [1.807, 2.05) is 29.8 Å². The summed E-state index contributed by atoms with van der Waals surface area (Å²) in [5, 5.41) is 0. The van der Waals surface area contributed by atoms with Crippen LogP contribution in [-0.4, -0.2) is 91.5 Å². The second kappa shape index (κ2) is 12.4. The number of benzene rings is 2. The molecule has 0 bridgehead atoms. The first-order valence-corrected chi connectivity index (χ1v) is 14.9. The SMILES string of the molecule is CCN(C(=O)N(C)C1CCCN(c2ccccc2)C1)C1(C=O)CCN(Cc2ccc(N3CCCC3)cc2)CC1. The van der Waals surface area contributed by atoms with Gasteiger partial charge in [-0.25, -0.2) is 4.79 Å². The Morgan fingerprint density at radius 1 is 0.897 bits per heavy atom. The van der Waals surface area contributed by atoms with Crippen LogP contribution in [0, 0.1) is 0 Å². The molecule has 5 rings (SSSR count). The Labute approximate surface area is 234 Å². The fourth-order valence-electron chi connectivity index (χ4n) is 6.73. The molecule has 1 unspecified atom stereocenters. The van der Waals surface area contributed by atoms with Crippen LogP contribution >= 0.6 is 0 Å². The maximum Gasteiger partial charge on any atom is 0.320 e. The first-order valence-electron chi connectivity index (χ1n) is 14.9. The minimum atomic E-state index is -0.732. The molecule has 2 amide bonds. The Morgan fingerprint density at radius 3 is 2.18 bits per heavy atom. The number of aldehydes is 1. The van der Waals surface area contributed by atoms with Crippen molar-refractivity contribution >= 4 is 23.7 Å². The quantitative estimate of drug-likeness (QED) is 0.455. The summed E-state index contributed by atoms with van der Waals surface area (Å²) in [6.45, 7) is 9.19. The van der Waals surface area contributed by atoms with E-state index < -0.39 is 5.54 Å². The van der Waals surface area contributed by atoms with Gasteiger partial charge in [-0.2, -0.15) is 0 Å². The first-order chi connectivity index (χ1) is 19.0. The molecule has 0 N–H and O–H groups in total. The highest BCUT2D eigenvalue weighted by molar-refractivity contribution is 5.81. The van der Waals surface area contributed by atoms with Gasteiger partial charge < -0.3 is 24.4 Å².